The zero-order chi connectivity index (χ0) is 19.2. The van der Waals surface area contributed by atoms with Crippen molar-refractivity contribution in [2.75, 3.05) is 13.2 Å². The smallest absolute Gasteiger partial charge is 0.254 e. The SMILES string of the molecule is O=C(c1ccc(Sc2ccccn2)cc1)N(Cc1cccs1)CC1CCCO1. The lowest BCUT2D eigenvalue weighted by Gasteiger charge is -2.25. The maximum absolute atomic E-state index is 13.2. The van der Waals surface area contributed by atoms with Crippen LogP contribution in [0, 0.1) is 0 Å². The highest BCUT2D eigenvalue weighted by Crippen LogP contribution is 2.26. The summed E-state index contributed by atoms with van der Waals surface area (Å²) in [6, 6.07) is 17.8. The third-order valence-electron chi connectivity index (χ3n) is 4.62. The lowest BCUT2D eigenvalue weighted by molar-refractivity contribution is 0.0509. The molecule has 3 aromatic rings. The molecule has 0 aliphatic carbocycles. The molecule has 0 saturated carbocycles. The first kappa shape index (κ1) is 19.2. The van der Waals surface area contributed by atoms with Gasteiger partial charge < -0.3 is 9.64 Å². The van der Waals surface area contributed by atoms with Crippen molar-refractivity contribution in [3.8, 4) is 0 Å². The van der Waals surface area contributed by atoms with Crippen LogP contribution in [-0.2, 0) is 11.3 Å². The molecule has 28 heavy (non-hydrogen) atoms. The van der Waals surface area contributed by atoms with Crippen molar-refractivity contribution in [1.29, 1.82) is 0 Å². The summed E-state index contributed by atoms with van der Waals surface area (Å²) < 4.78 is 5.77. The number of benzene rings is 1. The second-order valence-electron chi connectivity index (χ2n) is 6.69. The van der Waals surface area contributed by atoms with E-state index in [0.29, 0.717) is 18.7 Å². The highest BCUT2D eigenvalue weighted by Gasteiger charge is 2.24. The van der Waals surface area contributed by atoms with E-state index in [1.54, 1.807) is 29.3 Å². The number of rotatable bonds is 7. The van der Waals surface area contributed by atoms with Crippen LogP contribution in [0.3, 0.4) is 0 Å². The summed E-state index contributed by atoms with van der Waals surface area (Å²) in [7, 11) is 0. The number of carbonyl (C=O) groups is 1. The van der Waals surface area contributed by atoms with Crippen LogP contribution < -0.4 is 0 Å². The lowest BCUT2D eigenvalue weighted by atomic mass is 10.1. The minimum absolute atomic E-state index is 0.0540. The Labute approximate surface area is 173 Å². The highest BCUT2D eigenvalue weighted by atomic mass is 32.2. The Hall–Kier alpha value is -2.15. The summed E-state index contributed by atoms with van der Waals surface area (Å²) in [5.41, 5.74) is 0.708. The molecule has 0 radical (unpaired) electrons. The van der Waals surface area contributed by atoms with Crippen LogP contribution in [0.1, 0.15) is 28.1 Å². The van der Waals surface area contributed by atoms with Gasteiger partial charge in [-0.25, -0.2) is 4.98 Å². The minimum Gasteiger partial charge on any atom is -0.376 e. The zero-order valence-corrected chi connectivity index (χ0v) is 17.1. The van der Waals surface area contributed by atoms with Crippen molar-refractivity contribution in [3.63, 3.8) is 0 Å². The summed E-state index contributed by atoms with van der Waals surface area (Å²) in [6.07, 6.45) is 4.02. The fourth-order valence-electron chi connectivity index (χ4n) is 3.22. The van der Waals surface area contributed by atoms with Crippen molar-refractivity contribution >= 4 is 29.0 Å². The molecule has 1 atom stereocenters. The van der Waals surface area contributed by atoms with Gasteiger partial charge in [-0.05, 0) is 60.7 Å². The van der Waals surface area contributed by atoms with Crippen LogP contribution in [0.2, 0.25) is 0 Å². The van der Waals surface area contributed by atoms with Gasteiger partial charge in [-0.2, -0.15) is 0 Å². The number of hydrogen-bond acceptors (Lipinski definition) is 5. The molecule has 1 aliphatic rings. The number of aromatic nitrogens is 1. The van der Waals surface area contributed by atoms with Gasteiger partial charge >= 0.3 is 0 Å². The lowest BCUT2D eigenvalue weighted by Crippen LogP contribution is -2.36. The van der Waals surface area contributed by atoms with Gasteiger partial charge in [0, 0.05) is 34.7 Å². The Morgan fingerprint density at radius 2 is 2.07 bits per heavy atom. The molecule has 4 rings (SSSR count). The average molecular weight is 411 g/mol. The van der Waals surface area contributed by atoms with E-state index in [0.717, 1.165) is 29.4 Å². The van der Waals surface area contributed by atoms with Gasteiger partial charge in [0.15, 0.2) is 0 Å². The van der Waals surface area contributed by atoms with Crippen LogP contribution in [0.5, 0.6) is 0 Å². The molecule has 1 aromatic carbocycles. The Morgan fingerprint density at radius 3 is 2.75 bits per heavy atom. The quantitative estimate of drug-likeness (QED) is 0.542. The Kier molecular flexibility index (Phi) is 6.41. The van der Waals surface area contributed by atoms with Crippen LogP contribution in [0.15, 0.2) is 76.1 Å². The third-order valence-corrected chi connectivity index (χ3v) is 6.44. The van der Waals surface area contributed by atoms with Crippen LogP contribution in [-0.4, -0.2) is 35.0 Å². The number of pyridine rings is 1. The molecule has 1 fully saturated rings. The van der Waals surface area contributed by atoms with E-state index in [4.69, 9.17) is 4.74 Å². The van der Waals surface area contributed by atoms with Gasteiger partial charge in [-0.3, -0.25) is 4.79 Å². The summed E-state index contributed by atoms with van der Waals surface area (Å²) >= 11 is 3.27. The fraction of sp³-hybridized carbons (Fsp3) is 0.273. The van der Waals surface area contributed by atoms with Crippen LogP contribution >= 0.6 is 23.1 Å². The number of nitrogens with zero attached hydrogens (tertiary/aromatic N) is 2. The van der Waals surface area contributed by atoms with Crippen molar-refractivity contribution in [3.05, 3.63) is 76.6 Å². The van der Waals surface area contributed by atoms with E-state index in [1.807, 2.05) is 58.8 Å². The van der Waals surface area contributed by atoms with Crippen molar-refractivity contribution in [2.24, 2.45) is 0 Å². The average Bonchev–Trinajstić information content (AvgIpc) is 3.43. The molecule has 0 N–H and O–H groups in total. The molecule has 3 heterocycles. The Morgan fingerprint density at radius 1 is 1.18 bits per heavy atom. The van der Waals surface area contributed by atoms with Gasteiger partial charge in [0.25, 0.3) is 5.91 Å². The number of carbonyl (C=O) groups excluding carboxylic acids is 1. The normalized spacial score (nSPS) is 16.2. The minimum atomic E-state index is 0.0540. The maximum atomic E-state index is 13.2. The van der Waals surface area contributed by atoms with Gasteiger partial charge in [-0.15, -0.1) is 11.3 Å². The zero-order valence-electron chi connectivity index (χ0n) is 15.5. The number of thiophene rings is 1. The molecule has 1 amide bonds. The predicted molar refractivity (Wildman–Crippen MR) is 113 cm³/mol. The first-order valence-electron chi connectivity index (χ1n) is 9.40. The topological polar surface area (TPSA) is 42.4 Å². The number of hydrogen-bond donors (Lipinski definition) is 0. The van der Waals surface area contributed by atoms with E-state index >= 15 is 0 Å². The first-order valence-corrected chi connectivity index (χ1v) is 11.1. The van der Waals surface area contributed by atoms with Gasteiger partial charge in [0.2, 0.25) is 0 Å². The van der Waals surface area contributed by atoms with E-state index in [9.17, 15) is 4.79 Å². The molecule has 1 aliphatic heterocycles. The number of ether oxygens (including phenoxy) is 1. The van der Waals surface area contributed by atoms with Crippen molar-refractivity contribution < 1.29 is 9.53 Å². The van der Waals surface area contributed by atoms with Crippen LogP contribution in [0.25, 0.3) is 0 Å². The molecule has 0 spiro atoms. The largest absolute Gasteiger partial charge is 0.376 e. The van der Waals surface area contributed by atoms with Gasteiger partial charge in [-0.1, -0.05) is 23.9 Å². The van der Waals surface area contributed by atoms with E-state index in [2.05, 4.69) is 11.1 Å². The molecule has 2 aromatic heterocycles. The molecular weight excluding hydrogens is 388 g/mol. The number of amides is 1. The summed E-state index contributed by atoms with van der Waals surface area (Å²) in [4.78, 5) is 21.7. The molecule has 0 bridgehead atoms. The molecule has 144 valence electrons. The first-order chi connectivity index (χ1) is 13.8. The fourth-order valence-corrected chi connectivity index (χ4v) is 4.71. The highest BCUT2D eigenvalue weighted by molar-refractivity contribution is 7.99. The van der Waals surface area contributed by atoms with Gasteiger partial charge in [0.1, 0.15) is 5.03 Å². The Balaban J connectivity index is 1.47. The maximum Gasteiger partial charge on any atom is 0.254 e. The third kappa shape index (κ3) is 5.01. The predicted octanol–water partition coefficient (Wildman–Crippen LogP) is 5.12. The van der Waals surface area contributed by atoms with E-state index in [-0.39, 0.29) is 12.0 Å². The monoisotopic (exact) mass is 410 g/mol. The summed E-state index contributed by atoms with van der Waals surface area (Å²) in [5, 5.41) is 2.99. The molecule has 1 unspecified atom stereocenters. The van der Waals surface area contributed by atoms with Crippen LogP contribution in [0.4, 0.5) is 0 Å². The van der Waals surface area contributed by atoms with E-state index < -0.39 is 0 Å². The summed E-state index contributed by atoms with van der Waals surface area (Å²) in [6.45, 7) is 2.06. The molecular formula is C22H22N2O2S2. The second kappa shape index (κ2) is 9.37. The van der Waals surface area contributed by atoms with Crippen molar-refractivity contribution in [1.82, 2.24) is 9.88 Å². The standard InChI is InChI=1S/C22H22N2O2S2/c25-22(17-8-10-19(11-9-17)28-21-7-1-2-12-23-21)24(15-18-5-3-13-26-18)16-20-6-4-14-27-20/h1-2,4,6-12,14,18H,3,5,13,15-16H2. The molecule has 1 saturated heterocycles. The second-order valence-corrected chi connectivity index (χ2v) is 8.82. The molecule has 6 heteroatoms. The van der Waals surface area contributed by atoms with Gasteiger partial charge in [0.05, 0.1) is 12.6 Å². The molecule has 4 nitrogen and oxygen atoms in total. The summed E-state index contributed by atoms with van der Waals surface area (Å²) in [5.74, 6) is 0.0540. The van der Waals surface area contributed by atoms with E-state index in [1.165, 1.54) is 4.88 Å². The van der Waals surface area contributed by atoms with Crippen molar-refractivity contribution in [2.45, 2.75) is 35.4 Å². The Bertz CT molecular complexity index is 877.